The fourth-order valence-electron chi connectivity index (χ4n) is 2.12. The second kappa shape index (κ2) is 5.17. The summed E-state index contributed by atoms with van der Waals surface area (Å²) in [5.41, 5.74) is 4.40. The van der Waals surface area contributed by atoms with Gasteiger partial charge in [0.2, 0.25) is 0 Å². The normalized spacial score (nSPS) is 10.6. The number of benzene rings is 2. The summed E-state index contributed by atoms with van der Waals surface area (Å²) in [4.78, 5) is 7.99. The fourth-order valence-corrected chi connectivity index (χ4v) is 2.48. The Hall–Kier alpha value is -1.62. The van der Waals surface area contributed by atoms with Gasteiger partial charge in [0.15, 0.2) is 0 Å². The lowest BCUT2D eigenvalue weighted by atomic mass is 10.1. The van der Waals surface area contributed by atoms with E-state index in [4.69, 9.17) is 0 Å². The lowest BCUT2D eigenvalue weighted by molar-refractivity contribution is 1.15. The topological polar surface area (TPSA) is 28.7 Å². The van der Waals surface area contributed by atoms with Crippen LogP contribution in [0.3, 0.4) is 0 Å². The number of aryl methyl sites for hydroxylation is 1. The molecule has 0 fully saturated rings. The maximum atomic E-state index is 4.63. The molecule has 2 aromatic carbocycles. The smallest absolute Gasteiger partial charge is 0.104 e. The van der Waals surface area contributed by atoms with E-state index in [-0.39, 0.29) is 0 Å². The van der Waals surface area contributed by atoms with Crippen LogP contribution in [-0.4, -0.2) is 9.97 Å². The first kappa shape index (κ1) is 12.4. The standard InChI is InChI=1S/C16H13IN2/c1-11-18-15(12-5-3-2-4-6-12)16(19-11)13-7-9-14(17)10-8-13/h2-10H,1H3,(H,18,19). The molecule has 3 aromatic rings. The van der Waals surface area contributed by atoms with Gasteiger partial charge in [-0.2, -0.15) is 0 Å². The molecule has 0 atom stereocenters. The number of H-pyrrole nitrogens is 1. The molecule has 0 aliphatic rings. The highest BCUT2D eigenvalue weighted by atomic mass is 127. The van der Waals surface area contributed by atoms with Crippen molar-refractivity contribution in [2.24, 2.45) is 0 Å². The van der Waals surface area contributed by atoms with Gasteiger partial charge in [-0.1, -0.05) is 42.5 Å². The Kier molecular flexibility index (Phi) is 3.38. The Bertz CT molecular complexity index is 685. The Morgan fingerprint density at radius 1 is 0.895 bits per heavy atom. The average Bonchev–Trinajstić information content (AvgIpc) is 2.83. The number of rotatable bonds is 2. The first-order valence-corrected chi connectivity index (χ1v) is 7.20. The first-order chi connectivity index (χ1) is 9.24. The predicted octanol–water partition coefficient (Wildman–Crippen LogP) is 4.66. The van der Waals surface area contributed by atoms with Gasteiger partial charge in [0.25, 0.3) is 0 Å². The Balaban J connectivity index is 2.15. The third-order valence-corrected chi connectivity index (χ3v) is 3.72. The van der Waals surface area contributed by atoms with Crippen LogP contribution in [0, 0.1) is 10.5 Å². The molecule has 0 unspecified atom stereocenters. The average molecular weight is 360 g/mol. The van der Waals surface area contributed by atoms with E-state index in [1.54, 1.807) is 0 Å². The number of imidazole rings is 1. The predicted molar refractivity (Wildman–Crippen MR) is 86.9 cm³/mol. The highest BCUT2D eigenvalue weighted by Crippen LogP contribution is 2.30. The zero-order valence-electron chi connectivity index (χ0n) is 10.5. The second-order valence-electron chi connectivity index (χ2n) is 4.42. The maximum absolute atomic E-state index is 4.63. The van der Waals surface area contributed by atoms with E-state index < -0.39 is 0 Å². The molecule has 2 nitrogen and oxygen atoms in total. The van der Waals surface area contributed by atoms with Gasteiger partial charge >= 0.3 is 0 Å². The quantitative estimate of drug-likeness (QED) is 0.662. The van der Waals surface area contributed by atoms with Crippen molar-refractivity contribution in [2.75, 3.05) is 0 Å². The molecule has 0 spiro atoms. The van der Waals surface area contributed by atoms with Gasteiger partial charge in [-0.15, -0.1) is 0 Å². The van der Waals surface area contributed by atoms with Crippen molar-refractivity contribution in [1.29, 1.82) is 0 Å². The van der Waals surface area contributed by atoms with E-state index in [0.717, 1.165) is 28.3 Å². The van der Waals surface area contributed by atoms with Gasteiger partial charge in [-0.3, -0.25) is 0 Å². The summed E-state index contributed by atoms with van der Waals surface area (Å²) in [5.74, 6) is 0.937. The van der Waals surface area contributed by atoms with Crippen LogP contribution in [0.15, 0.2) is 54.6 Å². The van der Waals surface area contributed by atoms with Crippen LogP contribution in [0.4, 0.5) is 0 Å². The summed E-state index contributed by atoms with van der Waals surface area (Å²) < 4.78 is 1.23. The zero-order valence-corrected chi connectivity index (χ0v) is 12.7. The number of aromatic amines is 1. The molecule has 0 saturated carbocycles. The molecule has 94 valence electrons. The molecule has 0 aliphatic carbocycles. The lowest BCUT2D eigenvalue weighted by Crippen LogP contribution is -1.84. The third-order valence-electron chi connectivity index (χ3n) is 3.00. The van der Waals surface area contributed by atoms with Crippen LogP contribution in [-0.2, 0) is 0 Å². The van der Waals surface area contributed by atoms with Gasteiger partial charge in [0, 0.05) is 14.7 Å². The molecule has 1 heterocycles. The van der Waals surface area contributed by atoms with Crippen molar-refractivity contribution in [2.45, 2.75) is 6.92 Å². The number of hydrogen-bond acceptors (Lipinski definition) is 1. The van der Waals surface area contributed by atoms with Crippen molar-refractivity contribution < 1.29 is 0 Å². The van der Waals surface area contributed by atoms with E-state index in [2.05, 4.69) is 69.0 Å². The van der Waals surface area contributed by atoms with E-state index in [1.165, 1.54) is 3.57 Å². The number of nitrogens with zero attached hydrogens (tertiary/aromatic N) is 1. The molecule has 3 rings (SSSR count). The SMILES string of the molecule is Cc1nc(-c2ccc(I)cc2)c(-c2ccccc2)[nH]1. The number of nitrogens with one attached hydrogen (secondary N) is 1. The van der Waals surface area contributed by atoms with Crippen LogP contribution in [0.5, 0.6) is 0 Å². The summed E-state index contributed by atoms with van der Waals surface area (Å²) in [6.07, 6.45) is 0. The fraction of sp³-hybridized carbons (Fsp3) is 0.0625. The summed E-state index contributed by atoms with van der Waals surface area (Å²) in [6.45, 7) is 1.99. The second-order valence-corrected chi connectivity index (χ2v) is 5.66. The molecule has 0 bridgehead atoms. The number of halogens is 1. The maximum Gasteiger partial charge on any atom is 0.104 e. The van der Waals surface area contributed by atoms with Crippen molar-refractivity contribution in [3.8, 4) is 22.5 Å². The molecule has 1 N–H and O–H groups in total. The van der Waals surface area contributed by atoms with Crippen molar-refractivity contribution >= 4 is 22.6 Å². The molecule has 19 heavy (non-hydrogen) atoms. The first-order valence-electron chi connectivity index (χ1n) is 6.12. The van der Waals surface area contributed by atoms with Crippen LogP contribution >= 0.6 is 22.6 Å². The van der Waals surface area contributed by atoms with Gasteiger partial charge < -0.3 is 4.98 Å². The molecule has 1 aromatic heterocycles. The van der Waals surface area contributed by atoms with Crippen LogP contribution in [0.1, 0.15) is 5.82 Å². The monoisotopic (exact) mass is 360 g/mol. The number of hydrogen-bond donors (Lipinski definition) is 1. The largest absolute Gasteiger partial charge is 0.342 e. The molecule has 0 amide bonds. The lowest BCUT2D eigenvalue weighted by Gasteiger charge is -2.03. The summed E-state index contributed by atoms with van der Waals surface area (Å²) in [7, 11) is 0. The van der Waals surface area contributed by atoms with E-state index in [1.807, 2.05) is 25.1 Å². The molecular formula is C16H13IN2. The van der Waals surface area contributed by atoms with Gasteiger partial charge in [-0.05, 0) is 41.6 Å². The minimum Gasteiger partial charge on any atom is -0.342 e. The van der Waals surface area contributed by atoms with Crippen molar-refractivity contribution in [1.82, 2.24) is 9.97 Å². The molecule has 0 saturated heterocycles. The van der Waals surface area contributed by atoms with Gasteiger partial charge in [0.05, 0.1) is 11.4 Å². The highest BCUT2D eigenvalue weighted by Gasteiger charge is 2.11. The molecule has 0 aliphatic heterocycles. The van der Waals surface area contributed by atoms with E-state index >= 15 is 0 Å². The van der Waals surface area contributed by atoms with E-state index in [0.29, 0.717) is 0 Å². The van der Waals surface area contributed by atoms with Gasteiger partial charge in [-0.25, -0.2) is 4.98 Å². The Morgan fingerprint density at radius 3 is 2.26 bits per heavy atom. The number of aromatic nitrogens is 2. The zero-order chi connectivity index (χ0) is 13.2. The van der Waals surface area contributed by atoms with Crippen LogP contribution in [0.2, 0.25) is 0 Å². The van der Waals surface area contributed by atoms with Crippen molar-refractivity contribution in [3.05, 3.63) is 64.0 Å². The van der Waals surface area contributed by atoms with Crippen LogP contribution in [0.25, 0.3) is 22.5 Å². The molecular weight excluding hydrogens is 347 g/mol. The molecule has 0 radical (unpaired) electrons. The van der Waals surface area contributed by atoms with Crippen molar-refractivity contribution in [3.63, 3.8) is 0 Å². The van der Waals surface area contributed by atoms with Crippen LogP contribution < -0.4 is 0 Å². The Labute approximate surface area is 126 Å². The summed E-state index contributed by atoms with van der Waals surface area (Å²) in [6, 6.07) is 18.8. The minimum atomic E-state index is 0.937. The van der Waals surface area contributed by atoms with E-state index in [9.17, 15) is 0 Å². The Morgan fingerprint density at radius 2 is 1.58 bits per heavy atom. The highest BCUT2D eigenvalue weighted by molar-refractivity contribution is 14.1. The summed E-state index contributed by atoms with van der Waals surface area (Å²) >= 11 is 2.31. The minimum absolute atomic E-state index is 0.937. The third kappa shape index (κ3) is 2.56. The molecule has 3 heteroatoms. The van der Waals surface area contributed by atoms with Gasteiger partial charge in [0.1, 0.15) is 5.82 Å². The summed E-state index contributed by atoms with van der Waals surface area (Å²) in [5, 5.41) is 0.